The first kappa shape index (κ1) is 16.4. The Hall–Kier alpha value is -0.610. The molecule has 0 radical (unpaired) electrons. The Morgan fingerprint density at radius 3 is 2.68 bits per heavy atom. The molecule has 1 unspecified atom stereocenters. The van der Waals surface area contributed by atoms with Crippen molar-refractivity contribution in [1.29, 1.82) is 0 Å². The first-order valence-corrected chi connectivity index (χ1v) is 7.51. The number of methoxy groups -OCH3 is 1. The number of hydrogen-bond acceptors (Lipinski definition) is 3. The maximum atomic E-state index is 11.8. The monoisotopic (exact) mass is 271 g/mol. The van der Waals surface area contributed by atoms with Crippen LogP contribution in [-0.2, 0) is 9.53 Å². The number of ether oxygens (including phenoxy) is 1. The summed E-state index contributed by atoms with van der Waals surface area (Å²) in [6.45, 7) is 2.54. The van der Waals surface area contributed by atoms with E-state index in [4.69, 9.17) is 4.74 Å². The van der Waals surface area contributed by atoms with Crippen molar-refractivity contribution in [2.45, 2.75) is 63.9 Å². The summed E-state index contributed by atoms with van der Waals surface area (Å²) in [6, 6.07) is 0. The second-order valence-electron chi connectivity index (χ2n) is 6.06. The summed E-state index contributed by atoms with van der Waals surface area (Å²) < 4.78 is 4.94. The molecule has 0 bridgehead atoms. The average Bonchev–Trinajstić information content (AvgIpc) is 2.42. The SMILES string of the molecule is COCCC(C)(O)CNC(=O)CCC1CCCCC1. The molecule has 1 amide bonds. The Bertz CT molecular complexity index is 260. The maximum absolute atomic E-state index is 11.8. The van der Waals surface area contributed by atoms with Crippen LogP contribution in [0.5, 0.6) is 0 Å². The molecule has 112 valence electrons. The van der Waals surface area contributed by atoms with E-state index in [-0.39, 0.29) is 5.91 Å². The highest BCUT2D eigenvalue weighted by Gasteiger charge is 2.21. The Labute approximate surface area is 116 Å². The van der Waals surface area contributed by atoms with Gasteiger partial charge in [0.2, 0.25) is 5.91 Å². The molecule has 0 aromatic carbocycles. The van der Waals surface area contributed by atoms with E-state index in [0.717, 1.165) is 12.3 Å². The van der Waals surface area contributed by atoms with Crippen molar-refractivity contribution in [3.63, 3.8) is 0 Å². The second-order valence-corrected chi connectivity index (χ2v) is 6.06. The molecule has 1 atom stereocenters. The van der Waals surface area contributed by atoms with Gasteiger partial charge in [-0.2, -0.15) is 0 Å². The summed E-state index contributed by atoms with van der Waals surface area (Å²) in [7, 11) is 1.61. The van der Waals surface area contributed by atoms with Crippen LogP contribution in [0.25, 0.3) is 0 Å². The van der Waals surface area contributed by atoms with Crippen LogP contribution in [-0.4, -0.2) is 36.9 Å². The van der Waals surface area contributed by atoms with Gasteiger partial charge in [-0.1, -0.05) is 32.1 Å². The summed E-state index contributed by atoms with van der Waals surface area (Å²) in [5.74, 6) is 0.789. The molecule has 0 aromatic heterocycles. The van der Waals surface area contributed by atoms with Crippen molar-refractivity contribution < 1.29 is 14.6 Å². The molecule has 1 fully saturated rings. The lowest BCUT2D eigenvalue weighted by Gasteiger charge is -2.24. The van der Waals surface area contributed by atoms with Crippen LogP contribution in [0.2, 0.25) is 0 Å². The van der Waals surface area contributed by atoms with E-state index in [9.17, 15) is 9.90 Å². The number of aliphatic hydroxyl groups is 1. The van der Waals surface area contributed by atoms with Gasteiger partial charge in [-0.25, -0.2) is 0 Å². The van der Waals surface area contributed by atoms with E-state index >= 15 is 0 Å². The molecule has 2 N–H and O–H groups in total. The number of carbonyl (C=O) groups excluding carboxylic acids is 1. The molecule has 0 aromatic rings. The van der Waals surface area contributed by atoms with E-state index in [2.05, 4.69) is 5.32 Å². The molecule has 1 saturated carbocycles. The van der Waals surface area contributed by atoms with Crippen molar-refractivity contribution in [1.82, 2.24) is 5.32 Å². The second kappa shape index (κ2) is 8.54. The first-order chi connectivity index (χ1) is 9.03. The Kier molecular flexibility index (Phi) is 7.39. The van der Waals surface area contributed by atoms with Gasteiger partial charge in [0.25, 0.3) is 0 Å². The lowest BCUT2D eigenvalue weighted by molar-refractivity contribution is -0.122. The molecule has 0 aliphatic heterocycles. The normalized spacial score (nSPS) is 19.9. The van der Waals surface area contributed by atoms with E-state index in [0.29, 0.717) is 26.0 Å². The van der Waals surface area contributed by atoms with Gasteiger partial charge in [0, 0.05) is 33.1 Å². The number of rotatable bonds is 8. The quantitative estimate of drug-likeness (QED) is 0.712. The highest BCUT2D eigenvalue weighted by Crippen LogP contribution is 2.27. The molecule has 4 heteroatoms. The lowest BCUT2D eigenvalue weighted by atomic mass is 9.86. The van der Waals surface area contributed by atoms with Crippen molar-refractivity contribution in [3.8, 4) is 0 Å². The summed E-state index contributed by atoms with van der Waals surface area (Å²) in [5, 5.41) is 12.8. The summed E-state index contributed by atoms with van der Waals surface area (Å²) in [5.41, 5.74) is -0.878. The average molecular weight is 271 g/mol. The molecular formula is C15H29NO3. The van der Waals surface area contributed by atoms with Crippen LogP contribution in [0, 0.1) is 5.92 Å². The molecule has 0 saturated heterocycles. The van der Waals surface area contributed by atoms with E-state index in [1.54, 1.807) is 14.0 Å². The third kappa shape index (κ3) is 7.53. The van der Waals surface area contributed by atoms with Gasteiger partial charge in [0.05, 0.1) is 5.60 Å². The molecule has 1 rings (SSSR count). The summed E-state index contributed by atoms with van der Waals surface area (Å²) in [6.07, 6.45) is 8.65. The van der Waals surface area contributed by atoms with Gasteiger partial charge in [-0.3, -0.25) is 4.79 Å². The minimum Gasteiger partial charge on any atom is -0.388 e. The van der Waals surface area contributed by atoms with Crippen LogP contribution >= 0.6 is 0 Å². The van der Waals surface area contributed by atoms with Crippen LogP contribution in [0.1, 0.15) is 58.3 Å². The standard InChI is InChI=1S/C15H29NO3/c1-15(18,10-11-19-2)12-16-14(17)9-8-13-6-4-3-5-7-13/h13,18H,3-12H2,1-2H3,(H,16,17). The van der Waals surface area contributed by atoms with E-state index in [1.165, 1.54) is 32.1 Å². The van der Waals surface area contributed by atoms with Crippen molar-refractivity contribution >= 4 is 5.91 Å². The zero-order valence-corrected chi connectivity index (χ0v) is 12.4. The number of amides is 1. The number of nitrogens with one attached hydrogen (secondary N) is 1. The fourth-order valence-electron chi connectivity index (χ4n) is 2.60. The molecule has 19 heavy (non-hydrogen) atoms. The Balaban J connectivity index is 2.12. The van der Waals surface area contributed by atoms with Crippen LogP contribution < -0.4 is 5.32 Å². The van der Waals surface area contributed by atoms with Crippen LogP contribution in [0.15, 0.2) is 0 Å². The fourth-order valence-corrected chi connectivity index (χ4v) is 2.60. The number of hydrogen-bond donors (Lipinski definition) is 2. The molecular weight excluding hydrogens is 242 g/mol. The minimum atomic E-state index is -0.878. The Morgan fingerprint density at radius 2 is 2.05 bits per heavy atom. The van der Waals surface area contributed by atoms with Crippen LogP contribution in [0.4, 0.5) is 0 Å². The van der Waals surface area contributed by atoms with Gasteiger partial charge in [-0.05, 0) is 19.3 Å². The molecule has 1 aliphatic rings. The summed E-state index contributed by atoms with van der Waals surface area (Å²) in [4.78, 5) is 11.8. The smallest absolute Gasteiger partial charge is 0.220 e. The van der Waals surface area contributed by atoms with Gasteiger partial charge in [-0.15, -0.1) is 0 Å². The fraction of sp³-hybridized carbons (Fsp3) is 0.933. The van der Waals surface area contributed by atoms with Crippen LogP contribution in [0.3, 0.4) is 0 Å². The van der Waals surface area contributed by atoms with Gasteiger partial charge in [0.15, 0.2) is 0 Å². The van der Waals surface area contributed by atoms with Crippen molar-refractivity contribution in [3.05, 3.63) is 0 Å². The third-order valence-electron chi connectivity index (χ3n) is 4.02. The predicted octanol–water partition coefficient (Wildman–Crippen LogP) is 2.25. The topological polar surface area (TPSA) is 58.6 Å². The molecule has 4 nitrogen and oxygen atoms in total. The zero-order chi connectivity index (χ0) is 14.1. The Morgan fingerprint density at radius 1 is 1.37 bits per heavy atom. The van der Waals surface area contributed by atoms with Gasteiger partial charge < -0.3 is 15.2 Å². The zero-order valence-electron chi connectivity index (χ0n) is 12.4. The number of carbonyl (C=O) groups is 1. The third-order valence-corrected chi connectivity index (χ3v) is 4.02. The van der Waals surface area contributed by atoms with Crippen molar-refractivity contribution in [2.24, 2.45) is 5.92 Å². The van der Waals surface area contributed by atoms with Gasteiger partial charge in [0.1, 0.15) is 0 Å². The highest BCUT2D eigenvalue weighted by atomic mass is 16.5. The predicted molar refractivity (Wildman–Crippen MR) is 75.9 cm³/mol. The highest BCUT2D eigenvalue weighted by molar-refractivity contribution is 5.75. The molecule has 1 aliphatic carbocycles. The lowest BCUT2D eigenvalue weighted by Crippen LogP contribution is -2.41. The van der Waals surface area contributed by atoms with Gasteiger partial charge >= 0.3 is 0 Å². The molecule has 0 spiro atoms. The van der Waals surface area contributed by atoms with E-state index in [1.807, 2.05) is 0 Å². The van der Waals surface area contributed by atoms with E-state index < -0.39 is 5.60 Å². The largest absolute Gasteiger partial charge is 0.388 e. The molecule has 0 heterocycles. The van der Waals surface area contributed by atoms with Crippen molar-refractivity contribution in [2.75, 3.05) is 20.3 Å². The summed E-state index contributed by atoms with van der Waals surface area (Å²) >= 11 is 0. The minimum absolute atomic E-state index is 0.0586. The maximum Gasteiger partial charge on any atom is 0.220 e. The first-order valence-electron chi connectivity index (χ1n) is 7.51.